The minimum Gasteiger partial charge on any atom is -0.353 e. The molecule has 84 valence electrons. The van der Waals surface area contributed by atoms with Crippen LogP contribution >= 0.6 is 11.6 Å². The monoisotopic (exact) mass is 220 g/mol. The topological polar surface area (TPSA) is 18.5 Å². The molecule has 0 aliphatic carbocycles. The van der Waals surface area contributed by atoms with Crippen molar-refractivity contribution in [2.75, 3.05) is 19.1 Å². The second kappa shape index (κ2) is 8.51. The number of unbranched alkanes of at least 4 members (excludes halogenated alkanes) is 3. The van der Waals surface area contributed by atoms with Gasteiger partial charge < -0.3 is 9.47 Å². The van der Waals surface area contributed by atoms with E-state index in [2.05, 4.69) is 0 Å². The first-order valence-electron chi connectivity index (χ1n) is 5.72. The van der Waals surface area contributed by atoms with Crippen molar-refractivity contribution in [3.05, 3.63) is 0 Å². The van der Waals surface area contributed by atoms with Gasteiger partial charge in [0.05, 0.1) is 0 Å². The van der Waals surface area contributed by atoms with Crippen LogP contribution in [0.1, 0.15) is 44.9 Å². The van der Waals surface area contributed by atoms with Crippen LogP contribution in [0, 0.1) is 0 Å². The maximum atomic E-state index is 5.61. The molecular formula is C11H21ClO2. The summed E-state index contributed by atoms with van der Waals surface area (Å²) in [6.07, 6.45) is 8.29. The summed E-state index contributed by atoms with van der Waals surface area (Å²) >= 11 is 5.58. The van der Waals surface area contributed by atoms with Crippen molar-refractivity contribution < 1.29 is 9.47 Å². The van der Waals surface area contributed by atoms with E-state index >= 15 is 0 Å². The van der Waals surface area contributed by atoms with Gasteiger partial charge >= 0.3 is 0 Å². The summed E-state index contributed by atoms with van der Waals surface area (Å²) in [4.78, 5) is 0. The Labute approximate surface area is 91.9 Å². The molecule has 1 heterocycles. The van der Waals surface area contributed by atoms with Crippen LogP contribution < -0.4 is 0 Å². The number of rotatable bonds is 7. The van der Waals surface area contributed by atoms with Crippen LogP contribution in [-0.2, 0) is 9.47 Å². The maximum Gasteiger partial charge on any atom is 0.157 e. The van der Waals surface area contributed by atoms with E-state index in [1.165, 1.54) is 25.7 Å². The Kier molecular flexibility index (Phi) is 7.47. The number of alkyl halides is 1. The van der Waals surface area contributed by atoms with Crippen LogP contribution in [0.5, 0.6) is 0 Å². The van der Waals surface area contributed by atoms with Crippen LogP contribution in [0.3, 0.4) is 0 Å². The molecule has 0 amide bonds. The van der Waals surface area contributed by atoms with Crippen molar-refractivity contribution in [3.63, 3.8) is 0 Å². The van der Waals surface area contributed by atoms with Crippen LogP contribution in [0.25, 0.3) is 0 Å². The number of halogens is 1. The van der Waals surface area contributed by atoms with Crippen molar-refractivity contribution in [1.29, 1.82) is 0 Å². The molecule has 0 saturated carbocycles. The Morgan fingerprint density at radius 1 is 1.14 bits per heavy atom. The highest BCUT2D eigenvalue weighted by molar-refractivity contribution is 6.17. The van der Waals surface area contributed by atoms with Gasteiger partial charge in [0.1, 0.15) is 0 Å². The third kappa shape index (κ3) is 5.84. The quantitative estimate of drug-likeness (QED) is 0.484. The Hall–Kier alpha value is 0.210. The van der Waals surface area contributed by atoms with E-state index in [9.17, 15) is 0 Å². The highest BCUT2D eigenvalue weighted by Gasteiger charge is 2.12. The van der Waals surface area contributed by atoms with Crippen molar-refractivity contribution in [2.45, 2.75) is 51.2 Å². The van der Waals surface area contributed by atoms with Gasteiger partial charge in [-0.15, -0.1) is 11.6 Å². The van der Waals surface area contributed by atoms with Crippen LogP contribution in [0.15, 0.2) is 0 Å². The summed E-state index contributed by atoms with van der Waals surface area (Å²) in [6, 6.07) is 0. The molecule has 1 saturated heterocycles. The fourth-order valence-corrected chi connectivity index (χ4v) is 1.80. The van der Waals surface area contributed by atoms with Crippen molar-refractivity contribution in [1.82, 2.24) is 0 Å². The molecule has 0 aromatic rings. The summed E-state index contributed by atoms with van der Waals surface area (Å²) in [5.74, 6) is 0.784. The third-order valence-electron chi connectivity index (χ3n) is 2.47. The fourth-order valence-electron chi connectivity index (χ4n) is 1.61. The smallest absolute Gasteiger partial charge is 0.157 e. The van der Waals surface area contributed by atoms with Crippen LogP contribution in [-0.4, -0.2) is 25.4 Å². The molecule has 0 aromatic heterocycles. The lowest BCUT2D eigenvalue weighted by Crippen LogP contribution is -2.22. The average molecular weight is 221 g/mol. The minimum atomic E-state index is 0.0803. The zero-order valence-corrected chi connectivity index (χ0v) is 9.60. The first-order chi connectivity index (χ1) is 6.93. The Balaban J connectivity index is 1.82. The molecule has 1 aliphatic rings. The van der Waals surface area contributed by atoms with Gasteiger partial charge in [0, 0.05) is 19.1 Å². The largest absolute Gasteiger partial charge is 0.353 e. The van der Waals surface area contributed by atoms with Crippen molar-refractivity contribution in [2.24, 2.45) is 0 Å². The summed E-state index contributed by atoms with van der Waals surface area (Å²) < 4.78 is 11.1. The Morgan fingerprint density at radius 3 is 2.71 bits per heavy atom. The first kappa shape index (κ1) is 12.3. The summed E-state index contributed by atoms with van der Waals surface area (Å²) in [7, 11) is 0. The molecule has 0 radical (unpaired) electrons. The van der Waals surface area contributed by atoms with Gasteiger partial charge in [0.25, 0.3) is 0 Å². The molecule has 2 nitrogen and oxygen atoms in total. The molecule has 0 N–H and O–H groups in total. The lowest BCUT2D eigenvalue weighted by atomic mass is 10.2. The van der Waals surface area contributed by atoms with Crippen molar-refractivity contribution >= 4 is 11.6 Å². The summed E-state index contributed by atoms with van der Waals surface area (Å²) in [5, 5.41) is 0. The molecule has 1 rings (SSSR count). The zero-order valence-electron chi connectivity index (χ0n) is 8.84. The van der Waals surface area contributed by atoms with Gasteiger partial charge in [0.2, 0.25) is 0 Å². The van der Waals surface area contributed by atoms with Crippen LogP contribution in [0.2, 0.25) is 0 Å². The first-order valence-corrected chi connectivity index (χ1v) is 6.26. The highest BCUT2D eigenvalue weighted by atomic mass is 35.5. The molecule has 0 bridgehead atoms. The third-order valence-corrected chi connectivity index (χ3v) is 2.74. The lowest BCUT2D eigenvalue weighted by Gasteiger charge is -2.22. The molecular weight excluding hydrogens is 200 g/mol. The Morgan fingerprint density at radius 2 is 2.00 bits per heavy atom. The second-order valence-electron chi connectivity index (χ2n) is 3.77. The van der Waals surface area contributed by atoms with Gasteiger partial charge in [-0.2, -0.15) is 0 Å². The van der Waals surface area contributed by atoms with E-state index in [-0.39, 0.29) is 6.29 Å². The van der Waals surface area contributed by atoms with Gasteiger partial charge in [-0.1, -0.05) is 12.8 Å². The number of hydrogen-bond donors (Lipinski definition) is 0. The van der Waals surface area contributed by atoms with Crippen molar-refractivity contribution in [3.8, 4) is 0 Å². The van der Waals surface area contributed by atoms with Gasteiger partial charge in [-0.05, 0) is 32.1 Å². The SMILES string of the molecule is ClCCCCCCO[C@H]1CCCCO1. The minimum absolute atomic E-state index is 0.0803. The molecule has 1 atom stereocenters. The van der Waals surface area contributed by atoms with E-state index in [0.29, 0.717) is 0 Å². The normalized spacial score (nSPS) is 22.5. The predicted molar refractivity (Wildman–Crippen MR) is 58.7 cm³/mol. The lowest BCUT2D eigenvalue weighted by molar-refractivity contribution is -0.162. The van der Waals surface area contributed by atoms with Gasteiger partial charge in [-0.3, -0.25) is 0 Å². The highest BCUT2D eigenvalue weighted by Crippen LogP contribution is 2.14. The maximum absolute atomic E-state index is 5.61. The van der Waals surface area contributed by atoms with Crippen LogP contribution in [0.4, 0.5) is 0 Å². The average Bonchev–Trinajstić information content (AvgIpc) is 2.25. The molecule has 14 heavy (non-hydrogen) atoms. The number of hydrogen-bond acceptors (Lipinski definition) is 2. The van der Waals surface area contributed by atoms with E-state index in [1.807, 2.05) is 0 Å². The summed E-state index contributed by atoms with van der Waals surface area (Å²) in [6.45, 7) is 1.71. The van der Waals surface area contributed by atoms with Gasteiger partial charge in [0.15, 0.2) is 6.29 Å². The Bertz CT molecular complexity index is 124. The van der Waals surface area contributed by atoms with E-state index in [0.717, 1.165) is 38.4 Å². The summed E-state index contributed by atoms with van der Waals surface area (Å²) in [5.41, 5.74) is 0. The predicted octanol–water partition coefficient (Wildman–Crippen LogP) is 3.33. The second-order valence-corrected chi connectivity index (χ2v) is 4.15. The molecule has 0 aromatic carbocycles. The molecule has 3 heteroatoms. The van der Waals surface area contributed by atoms with E-state index in [4.69, 9.17) is 21.1 Å². The van der Waals surface area contributed by atoms with E-state index < -0.39 is 0 Å². The van der Waals surface area contributed by atoms with E-state index in [1.54, 1.807) is 0 Å². The molecule has 0 unspecified atom stereocenters. The zero-order chi connectivity index (χ0) is 10.1. The standard InChI is InChI=1S/C11H21ClO2/c12-8-4-1-2-5-9-13-11-7-3-6-10-14-11/h11H,1-10H2/t11-/m1/s1. The number of ether oxygens (including phenoxy) is 2. The molecule has 0 spiro atoms. The molecule has 1 aliphatic heterocycles. The fraction of sp³-hybridized carbons (Fsp3) is 1.00. The van der Waals surface area contributed by atoms with Gasteiger partial charge in [-0.25, -0.2) is 0 Å². The molecule has 1 fully saturated rings.